The molecule has 0 saturated heterocycles. The van der Waals surface area contributed by atoms with Crippen LogP contribution in [0, 0.1) is 0 Å². The summed E-state index contributed by atoms with van der Waals surface area (Å²) >= 11 is 0. The molecule has 1 unspecified atom stereocenters. The van der Waals surface area contributed by atoms with Gasteiger partial charge in [0.15, 0.2) is 0 Å². The molecule has 0 aromatic carbocycles. The quantitative estimate of drug-likeness (QED) is 0.874. The normalized spacial score (nSPS) is 13.6. The Balaban J connectivity index is 2.67. The van der Waals surface area contributed by atoms with E-state index in [-0.39, 0.29) is 11.0 Å². The van der Waals surface area contributed by atoms with Gasteiger partial charge in [-0.15, -0.1) is 0 Å². The maximum Gasteiger partial charge on any atom is 0.295 e. The van der Waals surface area contributed by atoms with E-state index < -0.39 is 10.1 Å². The molecule has 0 radical (unpaired) electrons. The minimum absolute atomic E-state index is 0.0640. The monoisotopic (exact) mass is 280 g/mol. The van der Waals surface area contributed by atoms with Gasteiger partial charge in [-0.2, -0.15) is 8.42 Å². The molecule has 4 nitrogen and oxygen atoms in total. The molecule has 19 heavy (non-hydrogen) atoms. The zero-order valence-electron chi connectivity index (χ0n) is 10.8. The van der Waals surface area contributed by atoms with Gasteiger partial charge in [-0.1, -0.05) is 37.3 Å². The van der Waals surface area contributed by atoms with Gasteiger partial charge in [-0.25, -0.2) is 0 Å². The fourth-order valence-electron chi connectivity index (χ4n) is 2.31. The molecule has 102 valence electrons. The molecule has 0 saturated carbocycles. The van der Waals surface area contributed by atoms with Crippen LogP contribution in [0.2, 0.25) is 0 Å². The molecular weight excluding hydrogens is 264 g/mol. The second-order valence-electron chi connectivity index (χ2n) is 4.31. The van der Waals surface area contributed by atoms with Gasteiger partial charge in [0.05, 0.1) is 6.10 Å². The van der Waals surface area contributed by atoms with Gasteiger partial charge in [0.25, 0.3) is 10.1 Å². The summed E-state index contributed by atoms with van der Waals surface area (Å²) in [7, 11) is -2.59. The third-order valence-electron chi connectivity index (χ3n) is 3.20. The fraction of sp³-hybridized carbons (Fsp3) is 0.286. The number of ether oxygens (including phenoxy) is 1. The zero-order chi connectivity index (χ0) is 14.0. The molecule has 0 heterocycles. The highest BCUT2D eigenvalue weighted by Gasteiger charge is 2.22. The summed E-state index contributed by atoms with van der Waals surface area (Å²) in [4.78, 5) is -0.0640. The highest BCUT2D eigenvalue weighted by molar-refractivity contribution is 7.86. The summed E-state index contributed by atoms with van der Waals surface area (Å²) in [5, 5.41) is 0. The van der Waals surface area contributed by atoms with Gasteiger partial charge >= 0.3 is 0 Å². The first-order chi connectivity index (χ1) is 8.99. The molecule has 0 bridgehead atoms. The van der Waals surface area contributed by atoms with Crippen molar-refractivity contribution in [3.63, 3.8) is 0 Å². The summed E-state index contributed by atoms with van der Waals surface area (Å²) in [6, 6.07) is 10.3. The molecule has 0 aliphatic heterocycles. The number of rotatable bonds is 4. The lowest BCUT2D eigenvalue weighted by molar-refractivity contribution is 0.101. The second kappa shape index (κ2) is 5.28. The van der Waals surface area contributed by atoms with Gasteiger partial charge < -0.3 is 4.74 Å². The second-order valence-corrected chi connectivity index (χ2v) is 5.70. The molecule has 0 spiro atoms. The molecular formula is C14H16O4S. The third kappa shape index (κ3) is 2.63. The van der Waals surface area contributed by atoms with Crippen molar-refractivity contribution in [2.45, 2.75) is 24.3 Å². The molecule has 1 atom stereocenters. The Morgan fingerprint density at radius 2 is 1.84 bits per heavy atom. The van der Waals surface area contributed by atoms with Crippen LogP contribution in [0.15, 0.2) is 41.3 Å². The van der Waals surface area contributed by atoms with Gasteiger partial charge in [-0.3, -0.25) is 4.55 Å². The van der Waals surface area contributed by atoms with Crippen LogP contribution >= 0.6 is 0 Å². The van der Waals surface area contributed by atoms with Crippen LogP contribution in [0.25, 0.3) is 11.1 Å². The lowest BCUT2D eigenvalue weighted by atomic mass is 10.0. The van der Waals surface area contributed by atoms with Crippen molar-refractivity contribution in [2.75, 3.05) is 7.11 Å². The lowest BCUT2D eigenvalue weighted by Crippen LogP contribution is -2.01. The van der Waals surface area contributed by atoms with Gasteiger partial charge in [0.1, 0.15) is 4.90 Å². The van der Waals surface area contributed by atoms with Crippen LogP contribution in [0.4, 0.5) is 0 Å². The van der Waals surface area contributed by atoms with E-state index in [1.807, 2.05) is 19.1 Å². The summed E-state index contributed by atoms with van der Waals surface area (Å²) in [5.74, 6) is 0. The van der Waals surface area contributed by atoms with Crippen molar-refractivity contribution in [3.8, 4) is 11.1 Å². The number of fused-ring (bicyclic) bond motifs is 1. The number of hydrogen-bond acceptors (Lipinski definition) is 3. The average Bonchev–Trinajstić information content (AvgIpc) is 2.67. The van der Waals surface area contributed by atoms with Crippen LogP contribution in [0.3, 0.4) is 0 Å². The molecule has 0 aromatic rings. The molecule has 2 aliphatic rings. The maximum absolute atomic E-state index is 11.4. The van der Waals surface area contributed by atoms with E-state index in [4.69, 9.17) is 4.74 Å². The predicted molar refractivity (Wildman–Crippen MR) is 72.9 cm³/mol. The maximum atomic E-state index is 11.4. The van der Waals surface area contributed by atoms with Crippen LogP contribution in [0.5, 0.6) is 0 Å². The van der Waals surface area contributed by atoms with Crippen molar-refractivity contribution >= 4 is 10.1 Å². The van der Waals surface area contributed by atoms with E-state index in [0.717, 1.165) is 17.5 Å². The molecule has 0 fully saturated rings. The number of hydrogen-bond donors (Lipinski definition) is 1. The van der Waals surface area contributed by atoms with E-state index in [9.17, 15) is 13.0 Å². The molecule has 2 aliphatic carbocycles. The molecule has 1 N–H and O–H groups in total. The Kier molecular flexibility index (Phi) is 3.89. The highest BCUT2D eigenvalue weighted by atomic mass is 32.2. The minimum atomic E-state index is -4.21. The Hall–Kier alpha value is -1.43. The van der Waals surface area contributed by atoms with Crippen molar-refractivity contribution in [2.24, 2.45) is 0 Å². The van der Waals surface area contributed by atoms with Crippen LogP contribution in [-0.4, -0.2) is 20.1 Å². The largest absolute Gasteiger partial charge is 0.377 e. The van der Waals surface area contributed by atoms with E-state index >= 15 is 0 Å². The predicted octanol–water partition coefficient (Wildman–Crippen LogP) is 3.14. The Morgan fingerprint density at radius 1 is 1.16 bits per heavy atom. The van der Waals surface area contributed by atoms with Crippen LogP contribution in [0.1, 0.15) is 25.0 Å². The summed E-state index contributed by atoms with van der Waals surface area (Å²) < 4.78 is 37.4. The molecule has 0 amide bonds. The first-order valence-electron chi connectivity index (χ1n) is 6.01. The van der Waals surface area contributed by atoms with Crippen molar-refractivity contribution in [1.82, 2.24) is 0 Å². The summed E-state index contributed by atoms with van der Waals surface area (Å²) in [6.45, 7) is 2.00. The van der Waals surface area contributed by atoms with Crippen molar-refractivity contribution in [1.29, 1.82) is 0 Å². The highest BCUT2D eigenvalue weighted by Crippen LogP contribution is 2.37. The van der Waals surface area contributed by atoms with Gasteiger partial charge in [0, 0.05) is 12.7 Å². The topological polar surface area (TPSA) is 63.6 Å². The average molecular weight is 280 g/mol. The summed E-state index contributed by atoms with van der Waals surface area (Å²) in [5.41, 5.74) is 2.21. The molecule has 0 aromatic heterocycles. The van der Waals surface area contributed by atoms with Crippen LogP contribution in [-0.2, 0) is 14.9 Å². The van der Waals surface area contributed by atoms with E-state index in [0.29, 0.717) is 5.56 Å². The van der Waals surface area contributed by atoms with E-state index in [1.165, 1.54) is 6.07 Å². The first-order valence-corrected chi connectivity index (χ1v) is 7.45. The Morgan fingerprint density at radius 3 is 2.42 bits per heavy atom. The van der Waals surface area contributed by atoms with E-state index in [1.54, 1.807) is 25.3 Å². The van der Waals surface area contributed by atoms with Gasteiger partial charge in [0.2, 0.25) is 0 Å². The first kappa shape index (κ1) is 14.0. The fourth-order valence-corrected chi connectivity index (χ4v) is 3.01. The smallest absolute Gasteiger partial charge is 0.295 e. The standard InChI is InChI=1S/C14H16O4S/c1-3-13(18-2)11-6-4-5-7-12-10(11)8-9-14(12)19(15,16)17/h4-9,13H,3H2,1-2H3,(H,15,16,17). The Labute approximate surface area is 113 Å². The zero-order valence-corrected chi connectivity index (χ0v) is 11.6. The van der Waals surface area contributed by atoms with Crippen molar-refractivity contribution < 1.29 is 17.7 Å². The SMILES string of the molecule is CCC(OC)c1ccccc2c(S(=O)(=O)O)ccc1-2. The third-order valence-corrected chi connectivity index (χ3v) is 4.11. The van der Waals surface area contributed by atoms with Crippen LogP contribution < -0.4 is 0 Å². The Bertz CT molecular complexity index is 645. The van der Waals surface area contributed by atoms with E-state index in [2.05, 4.69) is 0 Å². The van der Waals surface area contributed by atoms with Crippen molar-refractivity contribution in [3.05, 3.63) is 42.0 Å². The summed E-state index contributed by atoms with van der Waals surface area (Å²) in [6.07, 6.45) is 0.675. The molecule has 2 rings (SSSR count). The lowest BCUT2D eigenvalue weighted by Gasteiger charge is -2.15. The molecule has 5 heteroatoms. The number of methoxy groups -OCH3 is 1. The minimum Gasteiger partial charge on any atom is -0.377 e. The van der Waals surface area contributed by atoms with Gasteiger partial charge in [-0.05, 0) is 23.6 Å².